The van der Waals surface area contributed by atoms with Crippen LogP contribution in [0.3, 0.4) is 0 Å². The highest BCUT2D eigenvalue weighted by atomic mass is 16.7. The molecule has 1 fully saturated rings. The van der Waals surface area contributed by atoms with Gasteiger partial charge >= 0.3 is 7.12 Å². The van der Waals surface area contributed by atoms with Crippen molar-refractivity contribution in [2.24, 2.45) is 5.73 Å². The number of rotatable bonds is 2. The second kappa shape index (κ2) is 4.40. The molecule has 1 aromatic carbocycles. The summed E-state index contributed by atoms with van der Waals surface area (Å²) < 4.78 is 11.7. The van der Waals surface area contributed by atoms with Crippen LogP contribution in [0, 0.1) is 0 Å². The molecule has 4 N–H and O–H groups in total. The van der Waals surface area contributed by atoms with Gasteiger partial charge in [-0.1, -0.05) is 6.07 Å². The Morgan fingerprint density at radius 1 is 1.11 bits per heavy atom. The van der Waals surface area contributed by atoms with Crippen LogP contribution in [0.2, 0.25) is 0 Å². The lowest BCUT2D eigenvalue weighted by Crippen LogP contribution is -2.41. The van der Waals surface area contributed by atoms with Crippen molar-refractivity contribution < 1.29 is 19.5 Å². The molecule has 2 rings (SSSR count). The molecule has 104 valence electrons. The number of nitrogens with two attached hydrogens (primary N) is 1. The number of phenols is 2. The maximum atomic E-state index is 9.83. The van der Waals surface area contributed by atoms with Crippen molar-refractivity contribution >= 4 is 7.12 Å². The van der Waals surface area contributed by atoms with Crippen LogP contribution in [0.25, 0.3) is 0 Å². The lowest BCUT2D eigenvalue weighted by Gasteiger charge is -2.32. The minimum Gasteiger partial charge on any atom is -0.508 e. The SMILES string of the molecule is CC1(C)OB([C@@H](N)c2ccc(O)cc2O)OC1(C)C. The zero-order chi connectivity index (χ0) is 14.4. The summed E-state index contributed by atoms with van der Waals surface area (Å²) in [5.74, 6) is -0.703. The van der Waals surface area contributed by atoms with Crippen molar-refractivity contribution in [3.63, 3.8) is 0 Å². The predicted octanol–water partition coefficient (Wildman–Crippen LogP) is 1.73. The molecule has 0 spiro atoms. The number of hydrogen-bond acceptors (Lipinski definition) is 5. The first-order valence-electron chi connectivity index (χ1n) is 6.27. The molecule has 0 amide bonds. The fraction of sp³-hybridized carbons (Fsp3) is 0.538. The summed E-state index contributed by atoms with van der Waals surface area (Å²) in [4.78, 5) is 0. The van der Waals surface area contributed by atoms with Crippen molar-refractivity contribution in [3.8, 4) is 11.5 Å². The molecule has 1 aliphatic rings. The average molecular weight is 265 g/mol. The summed E-state index contributed by atoms with van der Waals surface area (Å²) in [7, 11) is -0.638. The lowest BCUT2D eigenvalue weighted by molar-refractivity contribution is 0.00578. The van der Waals surface area contributed by atoms with Crippen LogP contribution >= 0.6 is 0 Å². The third kappa shape index (κ3) is 2.43. The van der Waals surface area contributed by atoms with Crippen molar-refractivity contribution in [2.45, 2.75) is 44.8 Å². The smallest absolute Gasteiger partial charge is 0.480 e. The van der Waals surface area contributed by atoms with Gasteiger partial charge in [0, 0.05) is 11.6 Å². The van der Waals surface area contributed by atoms with E-state index in [2.05, 4.69) is 0 Å². The van der Waals surface area contributed by atoms with E-state index in [-0.39, 0.29) is 11.5 Å². The summed E-state index contributed by atoms with van der Waals surface area (Å²) in [6.45, 7) is 7.76. The van der Waals surface area contributed by atoms with Crippen molar-refractivity contribution in [1.29, 1.82) is 0 Å². The van der Waals surface area contributed by atoms with Gasteiger partial charge in [-0.15, -0.1) is 0 Å². The third-order valence-corrected chi connectivity index (χ3v) is 3.94. The monoisotopic (exact) mass is 265 g/mol. The molecule has 0 aliphatic carbocycles. The van der Waals surface area contributed by atoms with Crippen LogP contribution < -0.4 is 5.73 Å². The van der Waals surface area contributed by atoms with E-state index in [0.717, 1.165) is 0 Å². The molecule has 0 unspecified atom stereocenters. The second-order valence-electron chi connectivity index (χ2n) is 5.89. The van der Waals surface area contributed by atoms with Gasteiger partial charge in [0.15, 0.2) is 0 Å². The fourth-order valence-corrected chi connectivity index (χ4v) is 2.00. The number of benzene rings is 1. The Bertz CT molecular complexity index is 474. The summed E-state index contributed by atoms with van der Waals surface area (Å²) in [5.41, 5.74) is 5.64. The van der Waals surface area contributed by atoms with E-state index < -0.39 is 24.3 Å². The lowest BCUT2D eigenvalue weighted by atomic mass is 9.74. The Labute approximate surface area is 113 Å². The highest BCUT2D eigenvalue weighted by Gasteiger charge is 2.53. The molecule has 1 aliphatic heterocycles. The third-order valence-electron chi connectivity index (χ3n) is 3.94. The Hall–Kier alpha value is -1.24. The molecule has 5 nitrogen and oxygen atoms in total. The van der Waals surface area contributed by atoms with Crippen LogP contribution in [-0.2, 0) is 9.31 Å². The van der Waals surface area contributed by atoms with Crippen molar-refractivity contribution in [2.75, 3.05) is 0 Å². The Balaban J connectivity index is 2.24. The molecule has 1 aromatic rings. The summed E-state index contributed by atoms with van der Waals surface area (Å²) in [6.07, 6.45) is 0. The van der Waals surface area contributed by atoms with Gasteiger partial charge in [-0.3, -0.25) is 0 Å². The second-order valence-corrected chi connectivity index (χ2v) is 5.89. The van der Waals surface area contributed by atoms with Gasteiger partial charge < -0.3 is 25.3 Å². The van der Waals surface area contributed by atoms with Crippen molar-refractivity contribution in [3.05, 3.63) is 23.8 Å². The summed E-state index contributed by atoms with van der Waals surface area (Å²) in [6, 6.07) is 4.29. The van der Waals surface area contributed by atoms with E-state index in [0.29, 0.717) is 5.56 Å². The van der Waals surface area contributed by atoms with Gasteiger partial charge in [-0.25, -0.2) is 0 Å². The Morgan fingerprint density at radius 2 is 1.63 bits per heavy atom. The van der Waals surface area contributed by atoms with Gasteiger partial charge in [-0.2, -0.15) is 0 Å². The molecule has 1 atom stereocenters. The van der Waals surface area contributed by atoms with E-state index in [9.17, 15) is 10.2 Å². The minimum atomic E-state index is -0.638. The predicted molar refractivity (Wildman–Crippen MR) is 72.8 cm³/mol. The zero-order valence-corrected chi connectivity index (χ0v) is 11.7. The molecule has 6 heteroatoms. The van der Waals surface area contributed by atoms with Crippen molar-refractivity contribution in [1.82, 2.24) is 0 Å². The number of hydrogen-bond donors (Lipinski definition) is 3. The first kappa shape index (κ1) is 14.2. The Kier molecular flexibility index (Phi) is 3.29. The fourth-order valence-electron chi connectivity index (χ4n) is 2.00. The standard InChI is InChI=1S/C13H20BNO4/c1-12(2)13(3,4)19-14(18-12)11(15)9-6-5-8(16)7-10(9)17/h5-7,11,16-17H,15H2,1-4H3/t11-/m0/s1. The normalized spacial score (nSPS) is 22.5. The molecule has 0 saturated carbocycles. The highest BCUT2D eigenvalue weighted by molar-refractivity contribution is 6.47. The average Bonchev–Trinajstić information content (AvgIpc) is 2.47. The molecular weight excluding hydrogens is 245 g/mol. The maximum Gasteiger partial charge on any atom is 0.480 e. The van der Waals surface area contributed by atoms with Crippen LogP contribution in [0.4, 0.5) is 0 Å². The summed E-state index contributed by atoms with van der Waals surface area (Å²) in [5, 5.41) is 19.1. The van der Waals surface area contributed by atoms with Crippen LogP contribution in [-0.4, -0.2) is 28.5 Å². The Morgan fingerprint density at radius 3 is 2.11 bits per heavy atom. The van der Waals surface area contributed by atoms with Crippen LogP contribution in [0.15, 0.2) is 18.2 Å². The molecule has 1 heterocycles. The van der Waals surface area contributed by atoms with E-state index in [1.54, 1.807) is 6.07 Å². The molecule has 19 heavy (non-hydrogen) atoms. The molecule has 0 radical (unpaired) electrons. The highest BCUT2D eigenvalue weighted by Crippen LogP contribution is 2.40. The van der Waals surface area contributed by atoms with Gasteiger partial charge in [-0.05, 0) is 33.8 Å². The van der Waals surface area contributed by atoms with Gasteiger partial charge in [0.2, 0.25) is 0 Å². The van der Waals surface area contributed by atoms with E-state index in [4.69, 9.17) is 15.0 Å². The maximum absolute atomic E-state index is 9.83. The minimum absolute atomic E-state index is 0.0117. The van der Waals surface area contributed by atoms with Gasteiger partial charge in [0.1, 0.15) is 11.5 Å². The molecular formula is C13H20BNO4. The molecule has 0 aromatic heterocycles. The topological polar surface area (TPSA) is 84.9 Å². The van der Waals surface area contributed by atoms with E-state index >= 15 is 0 Å². The first-order chi connectivity index (χ1) is 8.64. The number of phenolic OH excluding ortho intramolecular Hbond substituents is 2. The van der Waals surface area contributed by atoms with Gasteiger partial charge in [0.05, 0.1) is 17.1 Å². The first-order valence-corrected chi connectivity index (χ1v) is 6.27. The largest absolute Gasteiger partial charge is 0.508 e. The molecule has 0 bridgehead atoms. The zero-order valence-electron chi connectivity index (χ0n) is 11.7. The van der Waals surface area contributed by atoms with Crippen LogP contribution in [0.5, 0.6) is 11.5 Å². The molecule has 1 saturated heterocycles. The van der Waals surface area contributed by atoms with E-state index in [1.807, 2.05) is 27.7 Å². The quantitative estimate of drug-likeness (QED) is 0.709. The summed E-state index contributed by atoms with van der Waals surface area (Å²) >= 11 is 0. The van der Waals surface area contributed by atoms with E-state index in [1.165, 1.54) is 12.1 Å². The van der Waals surface area contributed by atoms with Gasteiger partial charge in [0.25, 0.3) is 0 Å². The number of aromatic hydroxyl groups is 2. The van der Waals surface area contributed by atoms with Crippen LogP contribution in [0.1, 0.15) is 39.2 Å².